The second kappa shape index (κ2) is 3.99. The first-order chi connectivity index (χ1) is 6.19. The first kappa shape index (κ1) is 9.66. The lowest BCUT2D eigenvalue weighted by Gasteiger charge is -1.99. The summed E-state index contributed by atoms with van der Waals surface area (Å²) in [6, 6.07) is 3.65. The van der Waals surface area contributed by atoms with Crippen LogP contribution in [0.3, 0.4) is 0 Å². The summed E-state index contributed by atoms with van der Waals surface area (Å²) >= 11 is 1.37. The number of rotatable bonds is 2. The third kappa shape index (κ3) is 2.03. The van der Waals surface area contributed by atoms with Crippen molar-refractivity contribution in [1.82, 2.24) is 0 Å². The van der Waals surface area contributed by atoms with E-state index in [4.69, 9.17) is 5.26 Å². The molecule has 0 amide bonds. The second-order valence-corrected chi connectivity index (χ2v) is 3.91. The molecule has 0 fully saturated rings. The number of carbonyl (C=O) groups excluding carboxylic acids is 1. The van der Waals surface area contributed by atoms with Crippen molar-refractivity contribution in [2.45, 2.75) is 19.8 Å². The third-order valence-corrected chi connectivity index (χ3v) is 2.87. The van der Waals surface area contributed by atoms with Crippen molar-refractivity contribution in [3.8, 4) is 6.07 Å². The van der Waals surface area contributed by atoms with E-state index in [1.54, 1.807) is 6.07 Å². The van der Waals surface area contributed by atoms with E-state index in [9.17, 15) is 4.79 Å². The van der Waals surface area contributed by atoms with E-state index in [1.807, 2.05) is 19.9 Å². The molecular weight excluding hydrogens is 184 g/mol. The standard InChI is InChI=1S/C9H8N2OS/c1-6(2)9-8(11-5-12)3-7(4-10)13-9/h3,6H,1-2H3. The molecule has 0 saturated heterocycles. The topological polar surface area (TPSA) is 53.2 Å². The van der Waals surface area contributed by atoms with Crippen molar-refractivity contribution in [3.05, 3.63) is 15.8 Å². The van der Waals surface area contributed by atoms with E-state index in [2.05, 4.69) is 4.99 Å². The van der Waals surface area contributed by atoms with Crippen LogP contribution in [0.5, 0.6) is 0 Å². The average Bonchev–Trinajstić information content (AvgIpc) is 2.48. The van der Waals surface area contributed by atoms with Gasteiger partial charge in [-0.25, -0.2) is 4.79 Å². The molecule has 0 aliphatic rings. The summed E-state index contributed by atoms with van der Waals surface area (Å²) in [6.45, 7) is 3.99. The van der Waals surface area contributed by atoms with Crippen LogP contribution in [-0.2, 0) is 4.79 Å². The van der Waals surface area contributed by atoms with Gasteiger partial charge in [-0.15, -0.1) is 11.3 Å². The number of aliphatic imine (C=N–C) groups is 1. The van der Waals surface area contributed by atoms with E-state index in [-0.39, 0.29) is 5.92 Å². The molecule has 4 heteroatoms. The van der Waals surface area contributed by atoms with Crippen LogP contribution in [0.15, 0.2) is 11.1 Å². The van der Waals surface area contributed by atoms with Gasteiger partial charge in [-0.3, -0.25) is 0 Å². The summed E-state index contributed by atoms with van der Waals surface area (Å²) in [5.41, 5.74) is 0.576. The molecule has 1 rings (SSSR count). The smallest absolute Gasteiger partial charge is 0.211 e. The second-order valence-electron chi connectivity index (χ2n) is 2.83. The lowest BCUT2D eigenvalue weighted by atomic mass is 10.1. The van der Waals surface area contributed by atoms with Crippen LogP contribution in [0, 0.1) is 11.3 Å². The molecule has 0 saturated carbocycles. The van der Waals surface area contributed by atoms with Crippen molar-refractivity contribution in [3.63, 3.8) is 0 Å². The zero-order chi connectivity index (χ0) is 9.84. The van der Waals surface area contributed by atoms with E-state index in [0.717, 1.165) is 4.88 Å². The molecule has 0 bridgehead atoms. The van der Waals surface area contributed by atoms with E-state index in [0.29, 0.717) is 10.6 Å². The zero-order valence-electron chi connectivity index (χ0n) is 7.37. The van der Waals surface area contributed by atoms with Gasteiger partial charge in [0.15, 0.2) is 0 Å². The highest BCUT2D eigenvalue weighted by molar-refractivity contribution is 7.13. The molecule has 1 aromatic heterocycles. The summed E-state index contributed by atoms with van der Waals surface area (Å²) in [7, 11) is 0. The van der Waals surface area contributed by atoms with Crippen LogP contribution in [-0.4, -0.2) is 6.08 Å². The van der Waals surface area contributed by atoms with Crippen LogP contribution < -0.4 is 0 Å². The molecule has 0 aliphatic carbocycles. The van der Waals surface area contributed by atoms with Crippen LogP contribution in [0.1, 0.15) is 29.5 Å². The summed E-state index contributed by atoms with van der Waals surface area (Å²) in [6.07, 6.45) is 1.49. The number of hydrogen-bond acceptors (Lipinski definition) is 4. The highest BCUT2D eigenvalue weighted by atomic mass is 32.1. The Morgan fingerprint density at radius 3 is 2.77 bits per heavy atom. The van der Waals surface area contributed by atoms with Gasteiger partial charge in [0, 0.05) is 4.88 Å². The Kier molecular flexibility index (Phi) is 2.97. The van der Waals surface area contributed by atoms with Crippen molar-refractivity contribution in [1.29, 1.82) is 5.26 Å². The molecule has 0 spiro atoms. The number of hydrogen-bond donors (Lipinski definition) is 0. The van der Waals surface area contributed by atoms with Crippen molar-refractivity contribution in [2.24, 2.45) is 4.99 Å². The minimum Gasteiger partial charge on any atom is -0.211 e. The van der Waals surface area contributed by atoms with E-state index < -0.39 is 0 Å². The Balaban J connectivity index is 3.24. The number of nitrogens with zero attached hydrogens (tertiary/aromatic N) is 2. The minimum absolute atomic E-state index is 0.277. The van der Waals surface area contributed by atoms with Gasteiger partial charge < -0.3 is 0 Å². The SMILES string of the molecule is CC(C)c1sc(C#N)cc1N=C=O. The first-order valence-corrected chi connectivity index (χ1v) is 4.62. The maximum atomic E-state index is 10.1. The summed E-state index contributed by atoms with van der Waals surface area (Å²) in [5.74, 6) is 0.277. The van der Waals surface area contributed by atoms with Crippen LogP contribution in [0.2, 0.25) is 0 Å². The van der Waals surface area contributed by atoms with E-state index >= 15 is 0 Å². The predicted octanol–water partition coefficient (Wildman–Crippen LogP) is 2.71. The van der Waals surface area contributed by atoms with Crippen LogP contribution >= 0.6 is 11.3 Å². The third-order valence-electron chi connectivity index (χ3n) is 1.54. The van der Waals surface area contributed by atoms with Crippen LogP contribution in [0.4, 0.5) is 5.69 Å². The molecule has 3 nitrogen and oxygen atoms in total. The zero-order valence-corrected chi connectivity index (χ0v) is 8.18. The Morgan fingerprint density at radius 1 is 1.62 bits per heavy atom. The molecule has 0 unspecified atom stereocenters. The van der Waals surface area contributed by atoms with E-state index in [1.165, 1.54) is 17.4 Å². The lowest BCUT2D eigenvalue weighted by Crippen LogP contribution is -1.79. The summed E-state index contributed by atoms with van der Waals surface area (Å²) < 4.78 is 0. The van der Waals surface area contributed by atoms with Crippen LogP contribution in [0.25, 0.3) is 0 Å². The Labute approximate surface area is 80.3 Å². The average molecular weight is 192 g/mol. The Hall–Kier alpha value is -1.43. The molecule has 0 radical (unpaired) electrons. The molecule has 1 aromatic rings. The van der Waals surface area contributed by atoms with Crippen molar-refractivity contribution in [2.75, 3.05) is 0 Å². The fourth-order valence-corrected chi connectivity index (χ4v) is 1.90. The molecule has 0 N–H and O–H groups in total. The van der Waals surface area contributed by atoms with Crippen molar-refractivity contribution < 1.29 is 4.79 Å². The Bertz CT molecular complexity index is 394. The fraction of sp³-hybridized carbons (Fsp3) is 0.333. The fourth-order valence-electron chi connectivity index (χ4n) is 1.00. The number of thiophene rings is 1. The molecule has 0 atom stereocenters. The monoisotopic (exact) mass is 192 g/mol. The summed E-state index contributed by atoms with van der Waals surface area (Å²) in [5, 5.41) is 8.65. The molecule has 66 valence electrons. The Morgan fingerprint density at radius 2 is 2.31 bits per heavy atom. The lowest BCUT2D eigenvalue weighted by molar-refractivity contribution is 0.565. The van der Waals surface area contributed by atoms with Gasteiger partial charge in [0.2, 0.25) is 6.08 Å². The molecule has 13 heavy (non-hydrogen) atoms. The maximum Gasteiger partial charge on any atom is 0.240 e. The first-order valence-electron chi connectivity index (χ1n) is 3.80. The number of nitriles is 1. The molecular formula is C9H8N2OS. The highest BCUT2D eigenvalue weighted by Crippen LogP contribution is 2.34. The van der Waals surface area contributed by atoms with Gasteiger partial charge in [0.25, 0.3) is 0 Å². The highest BCUT2D eigenvalue weighted by Gasteiger charge is 2.11. The normalized spacial score (nSPS) is 9.38. The van der Waals surface area contributed by atoms with Gasteiger partial charge in [-0.05, 0) is 12.0 Å². The minimum atomic E-state index is 0.277. The molecule has 0 aliphatic heterocycles. The predicted molar refractivity (Wildman–Crippen MR) is 50.9 cm³/mol. The maximum absolute atomic E-state index is 10.1. The van der Waals surface area contributed by atoms with Gasteiger partial charge in [-0.1, -0.05) is 13.8 Å². The van der Waals surface area contributed by atoms with Gasteiger partial charge in [-0.2, -0.15) is 10.3 Å². The van der Waals surface area contributed by atoms with Gasteiger partial charge in [0.05, 0.1) is 5.69 Å². The molecule has 0 aromatic carbocycles. The largest absolute Gasteiger partial charge is 0.240 e. The van der Waals surface area contributed by atoms with Gasteiger partial charge >= 0.3 is 0 Å². The van der Waals surface area contributed by atoms with Crippen molar-refractivity contribution >= 4 is 23.1 Å². The van der Waals surface area contributed by atoms with Gasteiger partial charge in [0.1, 0.15) is 10.9 Å². The summed E-state index contributed by atoms with van der Waals surface area (Å²) in [4.78, 5) is 15.2. The quantitative estimate of drug-likeness (QED) is 0.534. The number of isocyanates is 1. The molecule has 1 heterocycles.